The van der Waals surface area contributed by atoms with Gasteiger partial charge in [-0.1, -0.05) is 41.9 Å². The van der Waals surface area contributed by atoms with Gasteiger partial charge in [0.1, 0.15) is 0 Å². The number of hydrogen-bond donors (Lipinski definition) is 1. The number of benzene rings is 1. The molecular formula is C15H18N2O3. The molecule has 1 unspecified atom stereocenters. The molecule has 1 atom stereocenters. The number of aliphatic carboxylic acids is 1. The normalized spacial score (nSPS) is 12.3. The summed E-state index contributed by atoms with van der Waals surface area (Å²) in [6, 6.07) is 8.17. The van der Waals surface area contributed by atoms with Gasteiger partial charge in [-0.25, -0.2) is 0 Å². The summed E-state index contributed by atoms with van der Waals surface area (Å²) in [6.07, 6.45) is 1.22. The number of hydrogen-bond acceptors (Lipinski definition) is 4. The van der Waals surface area contributed by atoms with E-state index in [9.17, 15) is 4.79 Å². The van der Waals surface area contributed by atoms with Crippen LogP contribution in [-0.4, -0.2) is 21.2 Å². The van der Waals surface area contributed by atoms with Gasteiger partial charge in [-0.3, -0.25) is 4.79 Å². The molecule has 1 heterocycles. The Morgan fingerprint density at radius 1 is 1.35 bits per heavy atom. The Morgan fingerprint density at radius 2 is 2.05 bits per heavy atom. The summed E-state index contributed by atoms with van der Waals surface area (Å²) in [5.41, 5.74) is 2.34. The summed E-state index contributed by atoms with van der Waals surface area (Å²) in [5.74, 6) is 0.310. The fraction of sp³-hybridized carbons (Fsp3) is 0.400. The third kappa shape index (κ3) is 4.19. The van der Waals surface area contributed by atoms with Gasteiger partial charge in [-0.15, -0.1) is 0 Å². The van der Waals surface area contributed by atoms with Crippen LogP contribution >= 0.6 is 0 Å². The zero-order valence-corrected chi connectivity index (χ0v) is 11.7. The fourth-order valence-electron chi connectivity index (χ4n) is 2.00. The average molecular weight is 274 g/mol. The average Bonchev–Trinajstić information content (AvgIpc) is 2.78. The Morgan fingerprint density at radius 3 is 2.70 bits per heavy atom. The number of carbonyl (C=O) groups is 1. The molecule has 0 radical (unpaired) electrons. The first-order valence-corrected chi connectivity index (χ1v) is 6.61. The Hall–Kier alpha value is -2.17. The van der Waals surface area contributed by atoms with E-state index in [0.29, 0.717) is 24.6 Å². The number of aromatic nitrogens is 2. The number of carboxylic acids is 1. The largest absolute Gasteiger partial charge is 0.481 e. The van der Waals surface area contributed by atoms with Crippen LogP contribution in [0, 0.1) is 12.8 Å². The van der Waals surface area contributed by atoms with Crippen LogP contribution in [0.25, 0.3) is 0 Å². The van der Waals surface area contributed by atoms with Crippen molar-refractivity contribution in [2.75, 3.05) is 0 Å². The molecule has 2 rings (SSSR count). The summed E-state index contributed by atoms with van der Waals surface area (Å²) >= 11 is 0. The van der Waals surface area contributed by atoms with Gasteiger partial charge < -0.3 is 9.63 Å². The third-order valence-electron chi connectivity index (χ3n) is 3.04. The van der Waals surface area contributed by atoms with Gasteiger partial charge in [0.05, 0.1) is 0 Å². The van der Waals surface area contributed by atoms with Crippen LogP contribution in [0.15, 0.2) is 28.8 Å². The van der Waals surface area contributed by atoms with Crippen molar-refractivity contribution in [3.05, 3.63) is 47.1 Å². The fourth-order valence-corrected chi connectivity index (χ4v) is 2.00. The van der Waals surface area contributed by atoms with Crippen molar-refractivity contribution in [1.29, 1.82) is 0 Å². The van der Waals surface area contributed by atoms with Crippen LogP contribution in [-0.2, 0) is 17.6 Å². The summed E-state index contributed by atoms with van der Waals surface area (Å²) in [4.78, 5) is 14.9. The molecule has 0 aliphatic carbocycles. The first-order valence-electron chi connectivity index (χ1n) is 6.61. The first kappa shape index (κ1) is 14.2. The summed E-state index contributed by atoms with van der Waals surface area (Å²) < 4.78 is 5.16. The lowest BCUT2D eigenvalue weighted by Crippen LogP contribution is -2.07. The van der Waals surface area contributed by atoms with E-state index in [1.807, 2.05) is 38.1 Å². The van der Waals surface area contributed by atoms with E-state index < -0.39 is 5.97 Å². The maximum Gasteiger partial charge on any atom is 0.303 e. The maximum absolute atomic E-state index is 10.6. The molecule has 0 fully saturated rings. The lowest BCUT2D eigenvalue weighted by atomic mass is 10.0. The summed E-state index contributed by atoms with van der Waals surface area (Å²) in [6.45, 7) is 3.90. The van der Waals surface area contributed by atoms with Crippen LogP contribution in [0.5, 0.6) is 0 Å². The van der Waals surface area contributed by atoms with E-state index in [2.05, 4.69) is 10.1 Å². The number of carboxylic acid groups (broad SMARTS) is 1. The third-order valence-corrected chi connectivity index (χ3v) is 3.04. The highest BCUT2D eigenvalue weighted by molar-refractivity contribution is 5.66. The van der Waals surface area contributed by atoms with Crippen molar-refractivity contribution in [1.82, 2.24) is 10.1 Å². The van der Waals surface area contributed by atoms with Crippen molar-refractivity contribution in [3.63, 3.8) is 0 Å². The van der Waals surface area contributed by atoms with Gasteiger partial charge >= 0.3 is 5.97 Å². The highest BCUT2D eigenvalue weighted by atomic mass is 16.5. The topological polar surface area (TPSA) is 76.2 Å². The molecule has 0 amide bonds. The van der Waals surface area contributed by atoms with Gasteiger partial charge in [0.25, 0.3) is 0 Å². The van der Waals surface area contributed by atoms with Crippen molar-refractivity contribution >= 4 is 5.97 Å². The van der Waals surface area contributed by atoms with Crippen LogP contribution in [0.2, 0.25) is 0 Å². The molecule has 2 aromatic rings. The number of nitrogens with zero attached hydrogens (tertiary/aromatic N) is 2. The Bertz CT molecular complexity index is 575. The van der Waals surface area contributed by atoms with Gasteiger partial charge in [0, 0.05) is 19.3 Å². The van der Waals surface area contributed by atoms with Crippen LogP contribution < -0.4 is 0 Å². The number of aryl methyl sites for hydroxylation is 1. The molecule has 0 bridgehead atoms. The van der Waals surface area contributed by atoms with E-state index in [1.54, 1.807) is 0 Å². The lowest BCUT2D eigenvalue weighted by molar-refractivity contribution is -0.137. The van der Waals surface area contributed by atoms with Crippen molar-refractivity contribution in [3.8, 4) is 0 Å². The van der Waals surface area contributed by atoms with Gasteiger partial charge in [-0.05, 0) is 18.4 Å². The molecule has 0 aliphatic rings. The molecule has 0 saturated carbocycles. The monoisotopic (exact) mass is 274 g/mol. The zero-order valence-electron chi connectivity index (χ0n) is 11.7. The van der Waals surface area contributed by atoms with Crippen molar-refractivity contribution < 1.29 is 14.4 Å². The molecule has 1 N–H and O–H groups in total. The lowest BCUT2D eigenvalue weighted by Gasteiger charge is -2.03. The van der Waals surface area contributed by atoms with E-state index >= 15 is 0 Å². The highest BCUT2D eigenvalue weighted by Gasteiger charge is 2.13. The van der Waals surface area contributed by atoms with Crippen molar-refractivity contribution in [2.45, 2.75) is 33.1 Å². The Balaban J connectivity index is 1.95. The molecule has 0 saturated heterocycles. The smallest absolute Gasteiger partial charge is 0.303 e. The minimum absolute atomic E-state index is 0.0137. The summed E-state index contributed by atoms with van der Waals surface area (Å²) in [7, 11) is 0. The zero-order chi connectivity index (χ0) is 14.5. The molecule has 0 spiro atoms. The quantitative estimate of drug-likeness (QED) is 0.876. The Labute approximate surface area is 117 Å². The second kappa shape index (κ2) is 6.32. The van der Waals surface area contributed by atoms with E-state index in [1.165, 1.54) is 5.56 Å². The molecule has 5 nitrogen and oxygen atoms in total. The molecule has 1 aromatic heterocycles. The van der Waals surface area contributed by atoms with E-state index in [-0.39, 0.29) is 12.3 Å². The van der Waals surface area contributed by atoms with Crippen LogP contribution in [0.3, 0.4) is 0 Å². The van der Waals surface area contributed by atoms with Crippen molar-refractivity contribution in [2.24, 2.45) is 5.92 Å². The molecular weight excluding hydrogens is 256 g/mol. The molecule has 5 heteroatoms. The van der Waals surface area contributed by atoms with Crippen LogP contribution in [0.1, 0.15) is 36.2 Å². The van der Waals surface area contributed by atoms with Gasteiger partial charge in [-0.2, -0.15) is 4.98 Å². The highest BCUT2D eigenvalue weighted by Crippen LogP contribution is 2.12. The second-order valence-corrected chi connectivity index (χ2v) is 5.17. The van der Waals surface area contributed by atoms with Crippen LogP contribution in [0.4, 0.5) is 0 Å². The molecule has 0 aliphatic heterocycles. The Kier molecular flexibility index (Phi) is 4.50. The minimum atomic E-state index is -0.808. The standard InChI is InChI=1S/C15H18N2O3/c1-10-3-5-12(6-4-10)9-13-16-14(20-17-13)7-11(2)8-15(18)19/h3-6,11H,7-9H2,1-2H3,(H,18,19). The molecule has 1 aromatic carbocycles. The second-order valence-electron chi connectivity index (χ2n) is 5.17. The predicted molar refractivity (Wildman–Crippen MR) is 73.4 cm³/mol. The van der Waals surface area contributed by atoms with Gasteiger partial charge in [0.15, 0.2) is 5.82 Å². The molecule has 20 heavy (non-hydrogen) atoms. The number of rotatable bonds is 6. The van der Waals surface area contributed by atoms with E-state index in [4.69, 9.17) is 9.63 Å². The summed E-state index contributed by atoms with van der Waals surface area (Å²) in [5, 5.41) is 12.7. The van der Waals surface area contributed by atoms with E-state index in [0.717, 1.165) is 5.56 Å². The van der Waals surface area contributed by atoms with Gasteiger partial charge in [0.2, 0.25) is 5.89 Å². The first-order chi connectivity index (χ1) is 9.52. The predicted octanol–water partition coefficient (Wildman–Crippen LogP) is 2.62. The SMILES string of the molecule is Cc1ccc(Cc2noc(CC(C)CC(=O)O)n2)cc1. The minimum Gasteiger partial charge on any atom is -0.481 e. The maximum atomic E-state index is 10.6. The molecule has 106 valence electrons.